The van der Waals surface area contributed by atoms with E-state index in [1.54, 1.807) is 0 Å². The lowest BCUT2D eigenvalue weighted by Crippen LogP contribution is -2.31. The van der Waals surface area contributed by atoms with Gasteiger partial charge in [-0.1, -0.05) is 68.3 Å². The first-order valence-electron chi connectivity index (χ1n) is 7.94. The van der Waals surface area contributed by atoms with Crippen molar-refractivity contribution in [1.82, 2.24) is 0 Å². The molecule has 1 aliphatic rings. The summed E-state index contributed by atoms with van der Waals surface area (Å²) in [6.45, 7) is 5.54. The molecule has 0 unspecified atom stereocenters. The van der Waals surface area contributed by atoms with Gasteiger partial charge in [-0.05, 0) is 25.7 Å². The first kappa shape index (κ1) is 16.5. The normalized spacial score (nSPS) is 18.8. The standard InChI is InChI=1S/C16H31BrO/c1-3-11-16(13-17,12-4-2)14-18-15-9-7-5-6-8-10-15/h15H,3-14H2,1-2H3. The first-order valence-corrected chi connectivity index (χ1v) is 9.06. The number of halogens is 1. The van der Waals surface area contributed by atoms with Gasteiger partial charge < -0.3 is 4.74 Å². The largest absolute Gasteiger partial charge is 0.378 e. The molecule has 18 heavy (non-hydrogen) atoms. The van der Waals surface area contributed by atoms with Crippen molar-refractivity contribution in [3.63, 3.8) is 0 Å². The second-order valence-electron chi connectivity index (χ2n) is 6.06. The summed E-state index contributed by atoms with van der Waals surface area (Å²) in [7, 11) is 0. The lowest BCUT2D eigenvalue weighted by Gasteiger charge is -2.33. The predicted octanol–water partition coefficient (Wildman–Crippen LogP) is 5.71. The van der Waals surface area contributed by atoms with Crippen LogP contribution in [0.4, 0.5) is 0 Å². The van der Waals surface area contributed by atoms with Crippen LogP contribution in [0.1, 0.15) is 78.1 Å². The van der Waals surface area contributed by atoms with E-state index in [9.17, 15) is 0 Å². The van der Waals surface area contributed by atoms with Gasteiger partial charge in [-0.15, -0.1) is 0 Å². The molecule has 0 N–H and O–H groups in total. The van der Waals surface area contributed by atoms with E-state index in [0.29, 0.717) is 11.5 Å². The van der Waals surface area contributed by atoms with Gasteiger partial charge in [-0.25, -0.2) is 0 Å². The van der Waals surface area contributed by atoms with Gasteiger partial charge in [0.1, 0.15) is 0 Å². The highest BCUT2D eigenvalue weighted by Gasteiger charge is 2.28. The van der Waals surface area contributed by atoms with Gasteiger partial charge in [-0.3, -0.25) is 0 Å². The zero-order valence-electron chi connectivity index (χ0n) is 12.3. The predicted molar refractivity (Wildman–Crippen MR) is 83.5 cm³/mol. The Balaban J connectivity index is 2.43. The summed E-state index contributed by atoms with van der Waals surface area (Å²) in [4.78, 5) is 0. The quantitative estimate of drug-likeness (QED) is 0.411. The Morgan fingerprint density at radius 1 is 1.00 bits per heavy atom. The van der Waals surface area contributed by atoms with E-state index in [1.807, 2.05) is 0 Å². The highest BCUT2D eigenvalue weighted by molar-refractivity contribution is 9.09. The molecule has 1 fully saturated rings. The van der Waals surface area contributed by atoms with Gasteiger partial charge in [0.15, 0.2) is 0 Å². The van der Waals surface area contributed by atoms with E-state index in [2.05, 4.69) is 29.8 Å². The molecule has 0 heterocycles. The number of hydrogen-bond acceptors (Lipinski definition) is 1. The molecule has 1 rings (SSSR count). The third-order valence-electron chi connectivity index (χ3n) is 4.27. The lowest BCUT2D eigenvalue weighted by molar-refractivity contribution is -0.0146. The van der Waals surface area contributed by atoms with E-state index in [-0.39, 0.29) is 0 Å². The van der Waals surface area contributed by atoms with Crippen LogP contribution in [0.15, 0.2) is 0 Å². The third-order valence-corrected chi connectivity index (χ3v) is 5.46. The number of ether oxygens (including phenoxy) is 1. The van der Waals surface area contributed by atoms with Crippen LogP contribution >= 0.6 is 15.9 Å². The number of alkyl halides is 1. The summed E-state index contributed by atoms with van der Waals surface area (Å²) in [6, 6.07) is 0. The molecular weight excluding hydrogens is 288 g/mol. The molecule has 0 aromatic carbocycles. The third kappa shape index (κ3) is 5.61. The second kappa shape index (κ2) is 9.36. The maximum atomic E-state index is 6.29. The average molecular weight is 319 g/mol. The molecule has 0 aromatic rings. The van der Waals surface area contributed by atoms with Gasteiger partial charge in [0.05, 0.1) is 12.7 Å². The minimum absolute atomic E-state index is 0.385. The monoisotopic (exact) mass is 318 g/mol. The summed E-state index contributed by atoms with van der Waals surface area (Å²) in [5.41, 5.74) is 0.385. The molecule has 0 radical (unpaired) electrons. The van der Waals surface area contributed by atoms with Crippen molar-refractivity contribution in [1.29, 1.82) is 0 Å². The summed E-state index contributed by atoms with van der Waals surface area (Å²) in [5, 5.41) is 1.09. The Labute approximate surface area is 122 Å². The SMILES string of the molecule is CCCC(CBr)(CCC)COC1CCCCCC1. The summed E-state index contributed by atoms with van der Waals surface area (Å²) in [5.74, 6) is 0. The minimum Gasteiger partial charge on any atom is -0.378 e. The van der Waals surface area contributed by atoms with Crippen molar-refractivity contribution in [2.45, 2.75) is 84.2 Å². The van der Waals surface area contributed by atoms with Crippen LogP contribution in [0.2, 0.25) is 0 Å². The molecule has 2 heteroatoms. The van der Waals surface area contributed by atoms with Gasteiger partial charge in [-0.2, -0.15) is 0 Å². The molecule has 108 valence electrons. The van der Waals surface area contributed by atoms with Crippen LogP contribution < -0.4 is 0 Å². The van der Waals surface area contributed by atoms with Crippen molar-refractivity contribution in [3.05, 3.63) is 0 Å². The van der Waals surface area contributed by atoms with Crippen molar-refractivity contribution in [2.24, 2.45) is 5.41 Å². The van der Waals surface area contributed by atoms with Crippen molar-refractivity contribution in [3.8, 4) is 0 Å². The maximum absolute atomic E-state index is 6.29. The molecular formula is C16H31BrO. The Morgan fingerprint density at radius 3 is 2.00 bits per heavy atom. The van der Waals surface area contributed by atoms with Crippen LogP contribution in [0.25, 0.3) is 0 Å². The fraction of sp³-hybridized carbons (Fsp3) is 1.00. The lowest BCUT2D eigenvalue weighted by atomic mass is 9.82. The molecule has 0 bridgehead atoms. The van der Waals surface area contributed by atoms with Crippen LogP contribution in [0, 0.1) is 5.41 Å². The number of rotatable bonds is 8. The highest BCUT2D eigenvalue weighted by atomic mass is 79.9. The Kier molecular flexibility index (Phi) is 8.58. The smallest absolute Gasteiger partial charge is 0.0575 e. The fourth-order valence-electron chi connectivity index (χ4n) is 3.21. The fourth-order valence-corrected chi connectivity index (χ4v) is 3.93. The summed E-state index contributed by atoms with van der Waals surface area (Å²) >= 11 is 3.74. The molecule has 0 saturated heterocycles. The number of hydrogen-bond donors (Lipinski definition) is 0. The van der Waals surface area contributed by atoms with Gasteiger partial charge in [0.25, 0.3) is 0 Å². The van der Waals surface area contributed by atoms with E-state index in [4.69, 9.17) is 4.74 Å². The van der Waals surface area contributed by atoms with Crippen molar-refractivity contribution < 1.29 is 4.74 Å². The highest BCUT2D eigenvalue weighted by Crippen LogP contribution is 2.33. The zero-order valence-corrected chi connectivity index (χ0v) is 13.9. The Bertz CT molecular complexity index is 191. The van der Waals surface area contributed by atoms with Crippen LogP contribution in [-0.4, -0.2) is 18.0 Å². The van der Waals surface area contributed by atoms with E-state index in [1.165, 1.54) is 64.2 Å². The molecule has 1 aliphatic carbocycles. The molecule has 0 aromatic heterocycles. The molecule has 1 nitrogen and oxygen atoms in total. The molecule has 1 saturated carbocycles. The molecule has 0 aliphatic heterocycles. The van der Waals surface area contributed by atoms with Crippen LogP contribution in [0.3, 0.4) is 0 Å². The zero-order chi connectivity index (χ0) is 13.3. The Hall–Kier alpha value is 0.440. The van der Waals surface area contributed by atoms with E-state index >= 15 is 0 Å². The van der Waals surface area contributed by atoms with Gasteiger partial charge >= 0.3 is 0 Å². The molecule has 0 spiro atoms. The second-order valence-corrected chi connectivity index (χ2v) is 6.62. The molecule has 0 atom stereocenters. The van der Waals surface area contributed by atoms with Gasteiger partial charge in [0, 0.05) is 10.7 Å². The van der Waals surface area contributed by atoms with Crippen LogP contribution in [0.5, 0.6) is 0 Å². The topological polar surface area (TPSA) is 9.23 Å². The maximum Gasteiger partial charge on any atom is 0.0575 e. The summed E-state index contributed by atoms with van der Waals surface area (Å²) < 4.78 is 6.29. The average Bonchev–Trinajstić information content (AvgIpc) is 2.65. The first-order chi connectivity index (χ1) is 8.76. The van der Waals surface area contributed by atoms with E-state index < -0.39 is 0 Å². The molecule has 0 amide bonds. The van der Waals surface area contributed by atoms with E-state index in [0.717, 1.165) is 11.9 Å². The minimum atomic E-state index is 0.385. The Morgan fingerprint density at radius 2 is 1.56 bits per heavy atom. The summed E-state index contributed by atoms with van der Waals surface area (Å²) in [6.07, 6.45) is 13.8. The van der Waals surface area contributed by atoms with Crippen LogP contribution in [-0.2, 0) is 4.74 Å². The van der Waals surface area contributed by atoms with Gasteiger partial charge in [0.2, 0.25) is 0 Å². The van der Waals surface area contributed by atoms with Crippen molar-refractivity contribution in [2.75, 3.05) is 11.9 Å². The van der Waals surface area contributed by atoms with Crippen molar-refractivity contribution >= 4 is 15.9 Å².